The predicted octanol–water partition coefficient (Wildman–Crippen LogP) is 9.29. The lowest BCUT2D eigenvalue weighted by Crippen LogP contribution is -2.36. The van der Waals surface area contributed by atoms with Crippen molar-refractivity contribution in [3.63, 3.8) is 0 Å². The van der Waals surface area contributed by atoms with Crippen LogP contribution >= 0.6 is 0 Å². The van der Waals surface area contributed by atoms with Gasteiger partial charge in [-0.05, 0) is 32.6 Å². The lowest BCUT2D eigenvalue weighted by molar-refractivity contribution is 0.459. The number of benzene rings is 1. The summed E-state index contributed by atoms with van der Waals surface area (Å²) in [5, 5.41) is 3.93. The van der Waals surface area contributed by atoms with Gasteiger partial charge in [-0.3, -0.25) is 4.99 Å². The van der Waals surface area contributed by atoms with Gasteiger partial charge in [0, 0.05) is 31.3 Å². The van der Waals surface area contributed by atoms with Gasteiger partial charge in [-0.15, -0.1) is 0 Å². The van der Waals surface area contributed by atoms with Crippen LogP contribution in [0.5, 0.6) is 0 Å². The van der Waals surface area contributed by atoms with E-state index in [9.17, 15) is 0 Å². The largest absolute Gasteiger partial charge is 0.367 e. The maximum atomic E-state index is 5.04. The van der Waals surface area contributed by atoms with Crippen LogP contribution in [0, 0.1) is 6.92 Å². The van der Waals surface area contributed by atoms with Crippen LogP contribution in [-0.2, 0) is 6.42 Å². The van der Waals surface area contributed by atoms with E-state index >= 15 is 0 Å². The molecule has 218 valence electrons. The van der Waals surface area contributed by atoms with Crippen molar-refractivity contribution >= 4 is 5.82 Å². The Morgan fingerprint density at radius 3 is 2.00 bits per heavy atom. The molecule has 5 nitrogen and oxygen atoms in total. The number of unbranched alkanes of at least 4 members (excludes halogenated alkanes) is 5. The molecule has 1 aromatic heterocycles. The molecule has 0 radical (unpaired) electrons. The van der Waals surface area contributed by atoms with Crippen LogP contribution in [0.15, 0.2) is 29.3 Å². The van der Waals surface area contributed by atoms with Crippen molar-refractivity contribution < 1.29 is 0 Å². The first-order valence-corrected chi connectivity index (χ1v) is 15.8. The van der Waals surface area contributed by atoms with Crippen LogP contribution in [0.3, 0.4) is 0 Å². The number of anilines is 1. The number of nitrogens with one attached hydrogen (secondary N) is 2. The van der Waals surface area contributed by atoms with Crippen LogP contribution < -0.4 is 16.4 Å². The molecule has 1 heterocycles. The van der Waals surface area contributed by atoms with Crippen LogP contribution in [0.25, 0.3) is 11.3 Å². The Labute approximate surface area is 236 Å². The predicted molar refractivity (Wildman–Crippen MR) is 171 cm³/mol. The first kappa shape index (κ1) is 35.7. The third-order valence-corrected chi connectivity index (χ3v) is 6.68. The van der Waals surface area contributed by atoms with Crippen LogP contribution in [-0.4, -0.2) is 29.8 Å². The first-order valence-electron chi connectivity index (χ1n) is 15.8. The van der Waals surface area contributed by atoms with Gasteiger partial charge in [0.2, 0.25) is 5.62 Å². The van der Waals surface area contributed by atoms with Gasteiger partial charge in [0.25, 0.3) is 0 Å². The minimum atomic E-state index is 0.518. The van der Waals surface area contributed by atoms with E-state index in [1.54, 1.807) is 0 Å². The van der Waals surface area contributed by atoms with Gasteiger partial charge in [0.05, 0.1) is 5.69 Å². The molecule has 2 aromatic rings. The maximum Gasteiger partial charge on any atom is 0.245 e. The molecule has 0 bridgehead atoms. The van der Waals surface area contributed by atoms with Gasteiger partial charge < -0.3 is 10.7 Å². The summed E-state index contributed by atoms with van der Waals surface area (Å²) in [5.74, 6) is 1.15. The van der Waals surface area contributed by atoms with E-state index in [4.69, 9.17) is 4.98 Å². The summed E-state index contributed by atoms with van der Waals surface area (Å²) < 4.78 is 2.05. The molecule has 1 fully saturated rings. The minimum absolute atomic E-state index is 0.518. The van der Waals surface area contributed by atoms with Gasteiger partial charge in [-0.2, -0.15) is 0 Å². The van der Waals surface area contributed by atoms with E-state index < -0.39 is 0 Å². The van der Waals surface area contributed by atoms with Crippen LogP contribution in [0.2, 0.25) is 0 Å². The smallest absolute Gasteiger partial charge is 0.245 e. The Morgan fingerprint density at radius 1 is 0.868 bits per heavy atom. The average molecular weight is 528 g/mol. The molecule has 1 saturated carbocycles. The Balaban J connectivity index is 0.00000213. The molecule has 5 heteroatoms. The molecule has 0 aliphatic heterocycles. The summed E-state index contributed by atoms with van der Waals surface area (Å²) in [7, 11) is 3.79. The molecule has 38 heavy (non-hydrogen) atoms. The second-order valence-corrected chi connectivity index (χ2v) is 9.23. The molecule has 0 unspecified atom stereocenters. The quantitative estimate of drug-likeness (QED) is 0.286. The van der Waals surface area contributed by atoms with Crippen molar-refractivity contribution in [2.45, 2.75) is 138 Å². The van der Waals surface area contributed by atoms with E-state index in [1.807, 2.05) is 55.6 Å². The number of rotatable bonds is 11. The highest BCUT2D eigenvalue weighted by Gasteiger charge is 2.21. The fraction of sp³-hybridized carbons (Fsp3) is 0.697. The lowest BCUT2D eigenvalue weighted by atomic mass is 9.94. The molecule has 0 spiro atoms. The highest BCUT2D eigenvalue weighted by Crippen LogP contribution is 2.30. The van der Waals surface area contributed by atoms with Crippen molar-refractivity contribution in [1.29, 1.82) is 0 Å². The Morgan fingerprint density at radius 2 is 1.45 bits per heavy atom. The van der Waals surface area contributed by atoms with E-state index in [2.05, 4.69) is 58.5 Å². The number of aromatic nitrogens is 2. The third kappa shape index (κ3) is 11.6. The summed E-state index contributed by atoms with van der Waals surface area (Å²) in [6.07, 6.45) is 15.2. The Hall–Kier alpha value is -2.30. The maximum absolute atomic E-state index is 5.04. The topological polar surface area (TPSA) is 54.2 Å². The van der Waals surface area contributed by atoms with Crippen molar-refractivity contribution in [2.75, 3.05) is 24.8 Å². The summed E-state index contributed by atoms with van der Waals surface area (Å²) >= 11 is 0. The first-order chi connectivity index (χ1) is 18.7. The number of hydrogen-bond donors (Lipinski definition) is 2. The van der Waals surface area contributed by atoms with E-state index in [1.165, 1.54) is 87.3 Å². The van der Waals surface area contributed by atoms with Gasteiger partial charge in [-0.1, -0.05) is 130 Å². The summed E-state index contributed by atoms with van der Waals surface area (Å²) in [4.78, 5) is 9.56. The van der Waals surface area contributed by atoms with Crippen LogP contribution in [0.1, 0.15) is 130 Å². The molecule has 1 aromatic carbocycles. The molecule has 3 rings (SSSR count). The lowest BCUT2D eigenvalue weighted by Gasteiger charge is -2.28. The highest BCUT2D eigenvalue weighted by molar-refractivity contribution is 5.69. The van der Waals surface area contributed by atoms with Gasteiger partial charge >= 0.3 is 0 Å². The molecule has 1 aliphatic carbocycles. The SMILES string of the molecule is CC.CC.CC.CCCCCCCCc1c(-c2ccc(C)cc2)nc(=NC)n(NC)c1NC1CCCCC1. The molecular weight excluding hydrogens is 466 g/mol. The molecule has 2 N–H and O–H groups in total. The zero-order valence-corrected chi connectivity index (χ0v) is 26.7. The summed E-state index contributed by atoms with van der Waals surface area (Å²) in [6.45, 7) is 16.4. The highest BCUT2D eigenvalue weighted by atomic mass is 15.5. The number of nitrogens with zero attached hydrogens (tertiary/aromatic N) is 3. The molecule has 0 saturated heterocycles. The molecule has 0 atom stereocenters. The third-order valence-electron chi connectivity index (χ3n) is 6.68. The fourth-order valence-corrected chi connectivity index (χ4v) is 4.79. The second-order valence-electron chi connectivity index (χ2n) is 9.23. The van der Waals surface area contributed by atoms with Gasteiger partial charge in [-0.25, -0.2) is 9.66 Å². The summed E-state index contributed by atoms with van der Waals surface area (Å²) in [5.41, 5.74) is 8.90. The number of aryl methyl sites for hydroxylation is 1. The number of hydrogen-bond acceptors (Lipinski definition) is 4. The fourth-order valence-electron chi connectivity index (χ4n) is 4.79. The second kappa shape index (κ2) is 22.7. The van der Waals surface area contributed by atoms with Gasteiger partial charge in [0.1, 0.15) is 5.82 Å². The van der Waals surface area contributed by atoms with Crippen molar-refractivity contribution in [3.8, 4) is 11.3 Å². The van der Waals surface area contributed by atoms with Crippen molar-refractivity contribution in [1.82, 2.24) is 9.66 Å². The minimum Gasteiger partial charge on any atom is -0.367 e. The van der Waals surface area contributed by atoms with Gasteiger partial charge in [0.15, 0.2) is 0 Å². The summed E-state index contributed by atoms with van der Waals surface area (Å²) in [6, 6.07) is 9.29. The van der Waals surface area contributed by atoms with Crippen molar-refractivity contribution in [2.24, 2.45) is 4.99 Å². The zero-order chi connectivity index (χ0) is 28.8. The van der Waals surface area contributed by atoms with Crippen molar-refractivity contribution in [3.05, 3.63) is 41.0 Å². The standard InChI is InChI=1S/C27H43N5.3C2H6/c1-5-6-7-8-9-13-16-24-25(22-19-17-21(2)18-20-22)31-27(28-3)32(29-4)26(24)30-23-14-11-10-12-15-23;3*1-2/h17-20,23,29-30H,5-16H2,1-4H3;3*1-2H3. The normalized spacial score (nSPS) is 13.3. The van der Waals surface area contributed by atoms with E-state index in [-0.39, 0.29) is 0 Å². The van der Waals surface area contributed by atoms with Crippen LogP contribution in [0.4, 0.5) is 5.82 Å². The molecular formula is C33H61N5. The Bertz CT molecular complexity index is 893. The zero-order valence-electron chi connectivity index (χ0n) is 26.7. The Kier molecular flexibility index (Phi) is 21.3. The van der Waals surface area contributed by atoms with E-state index in [0.717, 1.165) is 17.9 Å². The monoisotopic (exact) mass is 527 g/mol. The molecule has 0 amide bonds. The average Bonchev–Trinajstić information content (AvgIpc) is 2.99. The van der Waals surface area contributed by atoms with E-state index in [0.29, 0.717) is 11.7 Å². The molecule has 1 aliphatic rings.